The lowest BCUT2D eigenvalue weighted by Gasteiger charge is -2.29. The van der Waals surface area contributed by atoms with Crippen molar-refractivity contribution in [1.29, 1.82) is 0 Å². The molecule has 1 aromatic rings. The monoisotopic (exact) mass is 272 g/mol. The van der Waals surface area contributed by atoms with Gasteiger partial charge in [0.2, 0.25) is 0 Å². The molecule has 2 aliphatic carbocycles. The molecule has 0 saturated heterocycles. The summed E-state index contributed by atoms with van der Waals surface area (Å²) in [5.74, 6) is 3.00. The Kier molecular flexibility index (Phi) is 4.02. The van der Waals surface area contributed by atoms with Crippen LogP contribution in [0.2, 0.25) is 0 Å². The van der Waals surface area contributed by atoms with Crippen LogP contribution in [0.1, 0.15) is 36.8 Å². The van der Waals surface area contributed by atoms with Crippen molar-refractivity contribution in [2.45, 2.75) is 39.0 Å². The lowest BCUT2D eigenvalue weighted by atomic mass is 9.88. The van der Waals surface area contributed by atoms with Crippen molar-refractivity contribution in [3.8, 4) is 0 Å². The average Bonchev–Trinajstić information content (AvgIpc) is 3.03. The maximum Gasteiger partial charge on any atom is 0.0366 e. The van der Waals surface area contributed by atoms with Crippen LogP contribution in [0.15, 0.2) is 18.2 Å². The van der Waals surface area contributed by atoms with Gasteiger partial charge in [0.15, 0.2) is 0 Å². The van der Waals surface area contributed by atoms with Gasteiger partial charge in [-0.05, 0) is 80.2 Å². The van der Waals surface area contributed by atoms with Crippen molar-refractivity contribution in [3.63, 3.8) is 0 Å². The van der Waals surface area contributed by atoms with Crippen molar-refractivity contribution in [2.24, 2.45) is 23.5 Å². The molecule has 3 atom stereocenters. The quantitative estimate of drug-likeness (QED) is 0.890. The van der Waals surface area contributed by atoms with Gasteiger partial charge >= 0.3 is 0 Å². The lowest BCUT2D eigenvalue weighted by molar-refractivity contribution is 0.337. The van der Waals surface area contributed by atoms with Crippen LogP contribution in [0.5, 0.6) is 0 Å². The minimum Gasteiger partial charge on any atom is -0.374 e. The van der Waals surface area contributed by atoms with Crippen molar-refractivity contribution >= 4 is 5.69 Å². The molecule has 3 unspecified atom stereocenters. The topological polar surface area (TPSA) is 29.3 Å². The second-order valence-corrected chi connectivity index (χ2v) is 6.96. The highest BCUT2D eigenvalue weighted by molar-refractivity contribution is 5.50. The summed E-state index contributed by atoms with van der Waals surface area (Å²) in [6.45, 7) is 4.18. The maximum absolute atomic E-state index is 5.66. The van der Waals surface area contributed by atoms with E-state index in [9.17, 15) is 0 Å². The second kappa shape index (κ2) is 5.77. The van der Waals surface area contributed by atoms with Gasteiger partial charge < -0.3 is 10.6 Å². The molecule has 3 rings (SSSR count). The van der Waals surface area contributed by atoms with E-state index in [1.54, 1.807) is 0 Å². The van der Waals surface area contributed by atoms with Gasteiger partial charge in [0, 0.05) is 19.3 Å². The van der Waals surface area contributed by atoms with Gasteiger partial charge in [0.1, 0.15) is 0 Å². The molecule has 2 N–H and O–H groups in total. The van der Waals surface area contributed by atoms with Crippen LogP contribution in [-0.4, -0.2) is 20.1 Å². The molecular formula is C18H28N2. The number of hydrogen-bond donors (Lipinski definition) is 1. The summed E-state index contributed by atoms with van der Waals surface area (Å²) < 4.78 is 0. The Morgan fingerprint density at radius 1 is 1.25 bits per heavy atom. The molecular weight excluding hydrogens is 244 g/mol. The highest BCUT2D eigenvalue weighted by atomic mass is 15.1. The Morgan fingerprint density at radius 3 is 2.70 bits per heavy atom. The smallest absolute Gasteiger partial charge is 0.0366 e. The minimum atomic E-state index is 0.737. The van der Waals surface area contributed by atoms with Crippen LogP contribution >= 0.6 is 0 Å². The molecule has 2 nitrogen and oxygen atoms in total. The molecule has 110 valence electrons. The first-order valence-corrected chi connectivity index (χ1v) is 8.18. The van der Waals surface area contributed by atoms with Crippen LogP contribution in [0.4, 0.5) is 5.69 Å². The third-order valence-corrected chi connectivity index (χ3v) is 5.57. The molecule has 2 fully saturated rings. The molecule has 2 bridgehead atoms. The van der Waals surface area contributed by atoms with Gasteiger partial charge in [-0.25, -0.2) is 0 Å². The Bertz CT molecular complexity index is 468. The van der Waals surface area contributed by atoms with Gasteiger partial charge in [-0.1, -0.05) is 12.5 Å². The van der Waals surface area contributed by atoms with Crippen LogP contribution < -0.4 is 10.6 Å². The Hall–Kier alpha value is -1.02. The number of fused-ring (bicyclic) bond motifs is 2. The molecule has 2 heteroatoms. The molecule has 0 aliphatic heterocycles. The fourth-order valence-electron chi connectivity index (χ4n) is 4.41. The second-order valence-electron chi connectivity index (χ2n) is 6.96. The Balaban J connectivity index is 1.65. The van der Waals surface area contributed by atoms with E-state index < -0.39 is 0 Å². The van der Waals surface area contributed by atoms with Gasteiger partial charge in [-0.2, -0.15) is 0 Å². The van der Waals surface area contributed by atoms with E-state index in [1.165, 1.54) is 49.0 Å². The van der Waals surface area contributed by atoms with Gasteiger partial charge in [0.25, 0.3) is 0 Å². The largest absolute Gasteiger partial charge is 0.374 e. The first-order chi connectivity index (χ1) is 9.67. The molecule has 2 saturated carbocycles. The molecule has 0 amide bonds. The summed E-state index contributed by atoms with van der Waals surface area (Å²) in [5, 5.41) is 0. The molecule has 20 heavy (non-hydrogen) atoms. The zero-order chi connectivity index (χ0) is 14.1. The first kappa shape index (κ1) is 13.9. The van der Waals surface area contributed by atoms with E-state index in [0.717, 1.165) is 30.7 Å². The third-order valence-electron chi connectivity index (χ3n) is 5.57. The summed E-state index contributed by atoms with van der Waals surface area (Å²) in [6, 6.07) is 6.86. The average molecular weight is 272 g/mol. The van der Waals surface area contributed by atoms with Crippen LogP contribution in [0.25, 0.3) is 0 Å². The van der Waals surface area contributed by atoms with Crippen LogP contribution in [0, 0.1) is 24.7 Å². The number of nitrogens with two attached hydrogens (primary N) is 1. The van der Waals surface area contributed by atoms with E-state index in [-0.39, 0.29) is 0 Å². The lowest BCUT2D eigenvalue weighted by Crippen LogP contribution is -2.28. The van der Waals surface area contributed by atoms with E-state index in [0.29, 0.717) is 0 Å². The zero-order valence-corrected chi connectivity index (χ0v) is 12.9. The summed E-state index contributed by atoms with van der Waals surface area (Å²) in [6.07, 6.45) is 6.95. The fraction of sp³-hybridized carbons (Fsp3) is 0.667. The molecule has 0 heterocycles. The van der Waals surface area contributed by atoms with E-state index >= 15 is 0 Å². The normalized spacial score (nSPS) is 28.1. The van der Waals surface area contributed by atoms with E-state index in [2.05, 4.69) is 37.1 Å². The van der Waals surface area contributed by atoms with E-state index in [4.69, 9.17) is 5.73 Å². The summed E-state index contributed by atoms with van der Waals surface area (Å²) in [5.41, 5.74) is 9.80. The highest BCUT2D eigenvalue weighted by Crippen LogP contribution is 2.48. The van der Waals surface area contributed by atoms with Gasteiger partial charge in [-0.15, -0.1) is 0 Å². The SMILES string of the molecule is Cc1cc(N(C)CC2CC3CCC2C3)ccc1CCN. The van der Waals surface area contributed by atoms with Crippen molar-refractivity contribution in [1.82, 2.24) is 0 Å². The van der Waals surface area contributed by atoms with Gasteiger partial charge in [0.05, 0.1) is 0 Å². The Labute approximate surface area is 123 Å². The summed E-state index contributed by atoms with van der Waals surface area (Å²) >= 11 is 0. The molecule has 1 aromatic carbocycles. The Morgan fingerprint density at radius 2 is 2.10 bits per heavy atom. The highest BCUT2D eigenvalue weighted by Gasteiger charge is 2.39. The van der Waals surface area contributed by atoms with Crippen molar-refractivity contribution in [2.75, 3.05) is 25.0 Å². The molecule has 2 aliphatic rings. The fourth-order valence-corrected chi connectivity index (χ4v) is 4.41. The van der Waals surface area contributed by atoms with Crippen LogP contribution in [0.3, 0.4) is 0 Å². The zero-order valence-electron chi connectivity index (χ0n) is 12.9. The number of anilines is 1. The van der Waals surface area contributed by atoms with Crippen molar-refractivity contribution in [3.05, 3.63) is 29.3 Å². The standard InChI is InChI=1S/C18H28N2/c1-13-9-18(6-5-15(13)7-8-19)20(2)12-17-11-14-3-4-16(17)10-14/h5-6,9,14,16-17H,3-4,7-8,10-12,19H2,1-2H3. The van der Waals surface area contributed by atoms with E-state index in [1.807, 2.05) is 0 Å². The predicted octanol–water partition coefficient (Wildman–Crippen LogP) is 3.37. The molecule has 0 radical (unpaired) electrons. The number of aryl methyl sites for hydroxylation is 1. The maximum atomic E-state index is 5.66. The number of rotatable bonds is 5. The summed E-state index contributed by atoms with van der Waals surface area (Å²) in [4.78, 5) is 2.46. The van der Waals surface area contributed by atoms with Crippen LogP contribution in [-0.2, 0) is 6.42 Å². The number of hydrogen-bond acceptors (Lipinski definition) is 2. The molecule has 0 spiro atoms. The predicted molar refractivity (Wildman–Crippen MR) is 86.1 cm³/mol. The first-order valence-electron chi connectivity index (χ1n) is 8.18. The third kappa shape index (κ3) is 2.71. The number of nitrogens with zero attached hydrogens (tertiary/aromatic N) is 1. The van der Waals surface area contributed by atoms with Gasteiger partial charge in [-0.3, -0.25) is 0 Å². The number of benzene rings is 1. The summed E-state index contributed by atoms with van der Waals surface area (Å²) in [7, 11) is 2.25. The van der Waals surface area contributed by atoms with Crippen molar-refractivity contribution < 1.29 is 0 Å². The minimum absolute atomic E-state index is 0.737. The molecule has 0 aromatic heterocycles.